The number of hydrogen-bond donors (Lipinski definition) is 3. The Labute approximate surface area is 185 Å². The van der Waals surface area contributed by atoms with Gasteiger partial charge in [0, 0.05) is 51.9 Å². The highest BCUT2D eigenvalue weighted by Crippen LogP contribution is 2.29. The van der Waals surface area contributed by atoms with Gasteiger partial charge in [-0.2, -0.15) is 0 Å². The van der Waals surface area contributed by atoms with E-state index in [1.165, 1.54) is 6.42 Å². The van der Waals surface area contributed by atoms with E-state index in [4.69, 9.17) is 0 Å². The van der Waals surface area contributed by atoms with Crippen LogP contribution in [0.3, 0.4) is 0 Å². The topological polar surface area (TPSA) is 89.6 Å². The average molecular weight is 429 g/mol. The number of amides is 2. The molecular formula is C23H36N6O2. The van der Waals surface area contributed by atoms with E-state index in [9.17, 15) is 9.59 Å². The van der Waals surface area contributed by atoms with Gasteiger partial charge in [0.1, 0.15) is 5.69 Å². The molecule has 1 saturated carbocycles. The third-order valence-electron chi connectivity index (χ3n) is 7.06. The Kier molecular flexibility index (Phi) is 7.07. The normalized spacial score (nSPS) is 29.2. The number of piperazine rings is 2. The molecule has 3 aliphatic rings. The summed E-state index contributed by atoms with van der Waals surface area (Å²) in [7, 11) is 1.62. The molecule has 4 rings (SSSR count). The van der Waals surface area contributed by atoms with E-state index in [0.717, 1.165) is 64.1 Å². The number of anilines is 1. The summed E-state index contributed by atoms with van der Waals surface area (Å²) >= 11 is 0. The highest BCUT2D eigenvalue weighted by molar-refractivity contribution is 5.92. The van der Waals surface area contributed by atoms with Gasteiger partial charge in [0.05, 0.1) is 17.9 Å². The molecular weight excluding hydrogens is 392 g/mol. The fourth-order valence-electron chi connectivity index (χ4n) is 5.29. The molecule has 0 radical (unpaired) electrons. The zero-order chi connectivity index (χ0) is 21.8. The van der Waals surface area contributed by atoms with Crippen molar-refractivity contribution in [1.82, 2.24) is 25.8 Å². The fraction of sp³-hybridized carbons (Fsp3) is 0.696. The number of aromatic nitrogens is 1. The van der Waals surface area contributed by atoms with Gasteiger partial charge in [-0.3, -0.25) is 14.5 Å². The summed E-state index contributed by atoms with van der Waals surface area (Å²) < 4.78 is 0. The van der Waals surface area contributed by atoms with Crippen molar-refractivity contribution in [3.8, 4) is 0 Å². The van der Waals surface area contributed by atoms with Gasteiger partial charge >= 0.3 is 0 Å². The molecule has 1 aromatic heterocycles. The summed E-state index contributed by atoms with van der Waals surface area (Å²) in [5.41, 5.74) is 1.52. The number of rotatable bonds is 6. The number of carbonyl (C=O) groups is 2. The van der Waals surface area contributed by atoms with Crippen molar-refractivity contribution < 1.29 is 9.59 Å². The maximum atomic E-state index is 12.4. The number of fused-ring (bicyclic) bond motifs is 1. The number of nitrogens with zero attached hydrogens (tertiary/aromatic N) is 3. The summed E-state index contributed by atoms with van der Waals surface area (Å²) in [5, 5.41) is 9.51. The molecule has 4 atom stereocenters. The van der Waals surface area contributed by atoms with Crippen LogP contribution in [0.1, 0.15) is 49.5 Å². The van der Waals surface area contributed by atoms with E-state index >= 15 is 0 Å². The number of carbonyl (C=O) groups excluding carboxylic acids is 2. The number of pyridine rings is 1. The molecule has 0 bridgehead atoms. The summed E-state index contributed by atoms with van der Waals surface area (Å²) in [4.78, 5) is 33.2. The SMILES string of the molecule is CCCC1NC2CCC(CN3CCN(c4ccc(C(=O)NC)nc4)CC3)CC2NC1=O. The monoisotopic (exact) mass is 428 g/mol. The van der Waals surface area contributed by atoms with Gasteiger partial charge < -0.3 is 20.9 Å². The van der Waals surface area contributed by atoms with Crippen LogP contribution in [-0.4, -0.2) is 79.6 Å². The van der Waals surface area contributed by atoms with Gasteiger partial charge in [-0.1, -0.05) is 13.3 Å². The van der Waals surface area contributed by atoms with Gasteiger partial charge in [0.25, 0.3) is 5.91 Å². The van der Waals surface area contributed by atoms with Gasteiger partial charge in [-0.05, 0) is 43.7 Å². The summed E-state index contributed by atoms with van der Waals surface area (Å²) in [6.07, 6.45) is 7.21. The first-order chi connectivity index (χ1) is 15.1. The molecule has 8 heteroatoms. The predicted molar refractivity (Wildman–Crippen MR) is 121 cm³/mol. The highest BCUT2D eigenvalue weighted by atomic mass is 16.2. The Balaban J connectivity index is 1.23. The van der Waals surface area contributed by atoms with Crippen LogP contribution in [0.2, 0.25) is 0 Å². The first-order valence-corrected chi connectivity index (χ1v) is 11.8. The molecule has 3 fully saturated rings. The van der Waals surface area contributed by atoms with Crippen molar-refractivity contribution >= 4 is 17.5 Å². The maximum Gasteiger partial charge on any atom is 0.269 e. The molecule has 3 N–H and O–H groups in total. The van der Waals surface area contributed by atoms with Crippen LogP contribution in [0.4, 0.5) is 5.69 Å². The molecule has 31 heavy (non-hydrogen) atoms. The van der Waals surface area contributed by atoms with E-state index < -0.39 is 0 Å². The largest absolute Gasteiger partial charge is 0.368 e. The minimum absolute atomic E-state index is 0.00390. The molecule has 2 aliphatic heterocycles. The Morgan fingerprint density at radius 1 is 1.19 bits per heavy atom. The zero-order valence-electron chi connectivity index (χ0n) is 18.8. The summed E-state index contributed by atoms with van der Waals surface area (Å²) in [5.74, 6) is 0.677. The Hall–Kier alpha value is -2.19. The Bertz CT molecular complexity index is 762. The summed E-state index contributed by atoms with van der Waals surface area (Å²) in [6, 6.07) is 4.49. The molecule has 0 spiro atoms. The van der Waals surface area contributed by atoms with Crippen molar-refractivity contribution in [2.45, 2.75) is 57.2 Å². The molecule has 2 saturated heterocycles. The molecule has 1 aliphatic carbocycles. The molecule has 170 valence electrons. The van der Waals surface area contributed by atoms with Crippen LogP contribution in [0, 0.1) is 5.92 Å². The van der Waals surface area contributed by atoms with E-state index in [2.05, 4.69) is 37.7 Å². The van der Waals surface area contributed by atoms with Crippen molar-refractivity contribution in [2.24, 2.45) is 5.92 Å². The second-order valence-electron chi connectivity index (χ2n) is 9.18. The lowest BCUT2D eigenvalue weighted by Gasteiger charge is -2.45. The molecule has 1 aromatic rings. The van der Waals surface area contributed by atoms with Crippen LogP contribution in [-0.2, 0) is 4.79 Å². The van der Waals surface area contributed by atoms with Crippen molar-refractivity contribution in [3.05, 3.63) is 24.0 Å². The lowest BCUT2D eigenvalue weighted by atomic mass is 9.80. The van der Waals surface area contributed by atoms with Gasteiger partial charge in [0.15, 0.2) is 0 Å². The van der Waals surface area contributed by atoms with Crippen LogP contribution >= 0.6 is 0 Å². The molecule has 4 unspecified atom stereocenters. The molecule has 3 heterocycles. The second kappa shape index (κ2) is 9.96. The molecule has 0 aromatic carbocycles. The lowest BCUT2D eigenvalue weighted by molar-refractivity contribution is -0.127. The van der Waals surface area contributed by atoms with Crippen molar-refractivity contribution in [2.75, 3.05) is 44.7 Å². The van der Waals surface area contributed by atoms with E-state index in [0.29, 0.717) is 17.7 Å². The van der Waals surface area contributed by atoms with Crippen LogP contribution < -0.4 is 20.9 Å². The molecule has 2 amide bonds. The molecule has 8 nitrogen and oxygen atoms in total. The Morgan fingerprint density at radius 2 is 2.00 bits per heavy atom. The third kappa shape index (κ3) is 5.18. The van der Waals surface area contributed by atoms with E-state index in [1.54, 1.807) is 19.3 Å². The van der Waals surface area contributed by atoms with E-state index in [-0.39, 0.29) is 23.9 Å². The smallest absolute Gasteiger partial charge is 0.269 e. The van der Waals surface area contributed by atoms with E-state index in [1.807, 2.05) is 6.07 Å². The van der Waals surface area contributed by atoms with Gasteiger partial charge in [0.2, 0.25) is 5.91 Å². The minimum atomic E-state index is -0.156. The first kappa shape index (κ1) is 22.0. The number of hydrogen-bond acceptors (Lipinski definition) is 6. The first-order valence-electron chi connectivity index (χ1n) is 11.8. The van der Waals surface area contributed by atoms with Crippen molar-refractivity contribution in [3.63, 3.8) is 0 Å². The van der Waals surface area contributed by atoms with Gasteiger partial charge in [-0.25, -0.2) is 4.98 Å². The quantitative estimate of drug-likeness (QED) is 0.626. The fourth-order valence-corrected chi connectivity index (χ4v) is 5.29. The maximum absolute atomic E-state index is 12.4. The standard InChI is InChI=1S/C23H36N6O2/c1-3-4-20-23(31)27-21-13-16(5-7-18(21)26-20)15-28-9-11-29(12-10-28)17-6-8-19(25-14-17)22(30)24-2/h6,8,14,16,18,20-21,26H,3-5,7,9-13,15H2,1-2H3,(H,24,30)(H,27,31). The minimum Gasteiger partial charge on any atom is -0.368 e. The van der Waals surface area contributed by atoms with Crippen molar-refractivity contribution in [1.29, 1.82) is 0 Å². The summed E-state index contributed by atoms with van der Waals surface area (Å²) in [6.45, 7) is 7.25. The van der Waals surface area contributed by atoms with Crippen LogP contribution in [0.15, 0.2) is 18.3 Å². The lowest BCUT2D eigenvalue weighted by Crippen LogP contribution is -2.65. The second-order valence-corrected chi connectivity index (χ2v) is 9.18. The van der Waals surface area contributed by atoms with Gasteiger partial charge in [-0.15, -0.1) is 0 Å². The number of nitrogens with one attached hydrogen (secondary N) is 3. The average Bonchev–Trinajstić information content (AvgIpc) is 2.80. The van der Waals surface area contributed by atoms with Crippen LogP contribution in [0.5, 0.6) is 0 Å². The Morgan fingerprint density at radius 3 is 2.68 bits per heavy atom. The third-order valence-corrected chi connectivity index (χ3v) is 7.06. The highest BCUT2D eigenvalue weighted by Gasteiger charge is 2.39. The predicted octanol–water partition coefficient (Wildman–Crippen LogP) is 0.989. The van der Waals surface area contributed by atoms with Crippen LogP contribution in [0.25, 0.3) is 0 Å². The zero-order valence-corrected chi connectivity index (χ0v) is 18.8.